The number of carboxylic acids is 1. The van der Waals surface area contributed by atoms with Gasteiger partial charge in [0.1, 0.15) is 0 Å². The van der Waals surface area contributed by atoms with E-state index < -0.39 is 29.1 Å². The minimum Gasteiger partial charge on any atom is -0.481 e. The first-order valence-electron chi connectivity index (χ1n) is 9.59. The summed E-state index contributed by atoms with van der Waals surface area (Å²) < 4.78 is 0.820. The molecule has 2 aromatic carbocycles. The fourth-order valence-electron chi connectivity index (χ4n) is 3.50. The van der Waals surface area contributed by atoms with Crippen LogP contribution >= 0.6 is 15.9 Å². The summed E-state index contributed by atoms with van der Waals surface area (Å²) in [4.78, 5) is 38.3. The Morgan fingerprint density at radius 3 is 2.23 bits per heavy atom. The molecule has 1 heterocycles. The molecule has 0 aliphatic carbocycles. The highest BCUT2D eigenvalue weighted by Gasteiger charge is 2.48. The van der Waals surface area contributed by atoms with E-state index in [4.69, 9.17) is 0 Å². The Labute approximate surface area is 183 Å². The van der Waals surface area contributed by atoms with Gasteiger partial charge in [-0.2, -0.15) is 5.10 Å². The molecule has 1 amide bonds. The van der Waals surface area contributed by atoms with Crippen molar-refractivity contribution in [3.8, 4) is 0 Å². The summed E-state index contributed by atoms with van der Waals surface area (Å²) in [5.41, 5.74) is 0.893. The van der Waals surface area contributed by atoms with Crippen LogP contribution in [0.25, 0.3) is 0 Å². The van der Waals surface area contributed by atoms with Crippen molar-refractivity contribution in [2.24, 2.45) is 22.4 Å². The first-order valence-corrected chi connectivity index (χ1v) is 10.4. The van der Waals surface area contributed by atoms with Gasteiger partial charge in [0, 0.05) is 21.9 Å². The lowest BCUT2D eigenvalue weighted by Crippen LogP contribution is -2.41. The summed E-state index contributed by atoms with van der Waals surface area (Å²) in [7, 11) is 0. The van der Waals surface area contributed by atoms with Crippen molar-refractivity contribution in [1.82, 2.24) is 0 Å². The van der Waals surface area contributed by atoms with Crippen molar-refractivity contribution in [3.63, 3.8) is 0 Å². The molecule has 2 aromatic rings. The molecule has 0 spiro atoms. The molecule has 156 valence electrons. The van der Waals surface area contributed by atoms with Crippen LogP contribution in [0.5, 0.6) is 0 Å². The van der Waals surface area contributed by atoms with Crippen molar-refractivity contribution < 1.29 is 19.5 Å². The second kappa shape index (κ2) is 8.52. The summed E-state index contributed by atoms with van der Waals surface area (Å²) >= 11 is 3.32. The maximum absolute atomic E-state index is 13.3. The molecule has 0 saturated carbocycles. The molecule has 0 unspecified atom stereocenters. The van der Waals surface area contributed by atoms with Gasteiger partial charge in [0.2, 0.25) is 0 Å². The molecule has 3 rings (SSSR count). The Kier molecular flexibility index (Phi) is 6.22. The van der Waals surface area contributed by atoms with Gasteiger partial charge < -0.3 is 5.11 Å². The Bertz CT molecular complexity index is 994. The molecule has 0 radical (unpaired) electrons. The smallest absolute Gasteiger partial charge is 0.308 e. The minimum atomic E-state index is -1.21. The van der Waals surface area contributed by atoms with Crippen LogP contribution in [-0.4, -0.2) is 28.5 Å². The summed E-state index contributed by atoms with van der Waals surface area (Å²) in [6.45, 7) is 5.65. The molecule has 0 aromatic heterocycles. The number of hydrogen-bond donors (Lipinski definition) is 1. The summed E-state index contributed by atoms with van der Waals surface area (Å²) in [6, 6.07) is 15.6. The highest BCUT2D eigenvalue weighted by atomic mass is 79.9. The van der Waals surface area contributed by atoms with Crippen LogP contribution in [0.1, 0.15) is 37.6 Å². The summed E-state index contributed by atoms with van der Waals surface area (Å²) in [5.74, 6) is -4.16. The number of carbonyl (C=O) groups is 3. The van der Waals surface area contributed by atoms with Gasteiger partial charge in [-0.3, -0.25) is 14.4 Å². The van der Waals surface area contributed by atoms with Gasteiger partial charge >= 0.3 is 5.97 Å². The average Bonchev–Trinajstić information content (AvgIpc) is 3.04. The summed E-state index contributed by atoms with van der Waals surface area (Å²) in [5, 5.41) is 15.7. The lowest BCUT2D eigenvalue weighted by molar-refractivity contribution is -0.144. The number of halogens is 1. The normalized spacial score (nSPS) is 17.6. The number of amides is 1. The van der Waals surface area contributed by atoms with E-state index in [0.29, 0.717) is 17.0 Å². The van der Waals surface area contributed by atoms with E-state index in [1.165, 1.54) is 5.01 Å². The van der Waals surface area contributed by atoms with E-state index in [1.807, 2.05) is 26.8 Å². The fourth-order valence-corrected chi connectivity index (χ4v) is 3.77. The first-order chi connectivity index (χ1) is 14.1. The first kappa shape index (κ1) is 21.9. The second-order valence-electron chi connectivity index (χ2n) is 8.28. The lowest BCUT2D eigenvalue weighted by Gasteiger charge is -2.26. The van der Waals surface area contributed by atoms with E-state index >= 15 is 0 Å². The van der Waals surface area contributed by atoms with Crippen molar-refractivity contribution >= 4 is 45.0 Å². The Hall–Kier alpha value is -2.80. The molecule has 7 heteroatoms. The highest BCUT2D eigenvalue weighted by Crippen LogP contribution is 2.37. The number of anilines is 1. The monoisotopic (exact) mass is 470 g/mol. The van der Waals surface area contributed by atoms with Gasteiger partial charge in [0.15, 0.2) is 5.78 Å². The predicted octanol–water partition coefficient (Wildman–Crippen LogP) is 4.79. The molecular formula is C23H23BrN2O4. The largest absolute Gasteiger partial charge is 0.481 e. The number of Topliss-reactive ketones (excluding diaryl/α,β-unsaturated/α-hetero) is 1. The third kappa shape index (κ3) is 4.51. The molecule has 0 fully saturated rings. The molecule has 6 nitrogen and oxygen atoms in total. The van der Waals surface area contributed by atoms with Crippen LogP contribution in [0.15, 0.2) is 64.2 Å². The van der Waals surface area contributed by atoms with Crippen LogP contribution < -0.4 is 5.01 Å². The quantitative estimate of drug-likeness (QED) is 0.614. The highest BCUT2D eigenvalue weighted by molar-refractivity contribution is 9.10. The average molecular weight is 471 g/mol. The number of para-hydroxylation sites is 1. The number of hydrogen-bond acceptors (Lipinski definition) is 4. The maximum Gasteiger partial charge on any atom is 0.308 e. The number of nitrogens with zero attached hydrogens (tertiary/aromatic N) is 2. The van der Waals surface area contributed by atoms with Crippen LogP contribution in [0, 0.1) is 17.3 Å². The lowest BCUT2D eigenvalue weighted by atomic mass is 9.74. The number of hydrazone groups is 1. The number of carboxylic acid groups (broad SMARTS) is 1. The number of benzene rings is 2. The van der Waals surface area contributed by atoms with Gasteiger partial charge in [0.25, 0.3) is 5.91 Å². The van der Waals surface area contributed by atoms with Gasteiger partial charge in [-0.05, 0) is 24.3 Å². The standard InChI is InChI=1S/C23H23BrN2O4/c1-23(2,3)20-19(21(28)26(25-20)16-7-5-4-6-8-16)17(22(29)30)13-18(27)14-9-11-15(24)12-10-14/h4-12,17,19H,13H2,1-3H3,(H,29,30)/t17-,19-/m0/s1. The Morgan fingerprint density at radius 1 is 1.10 bits per heavy atom. The molecule has 1 N–H and O–H groups in total. The molecular weight excluding hydrogens is 448 g/mol. The number of carbonyl (C=O) groups excluding carboxylic acids is 2. The minimum absolute atomic E-state index is 0.287. The van der Waals surface area contributed by atoms with E-state index in [-0.39, 0.29) is 12.2 Å². The van der Waals surface area contributed by atoms with E-state index in [2.05, 4.69) is 21.0 Å². The van der Waals surface area contributed by atoms with Crippen LogP contribution in [0.3, 0.4) is 0 Å². The predicted molar refractivity (Wildman–Crippen MR) is 119 cm³/mol. The zero-order valence-electron chi connectivity index (χ0n) is 17.0. The molecule has 1 aliphatic rings. The van der Waals surface area contributed by atoms with Crippen molar-refractivity contribution in [2.45, 2.75) is 27.2 Å². The maximum atomic E-state index is 13.3. The molecule has 0 bridgehead atoms. The van der Waals surface area contributed by atoms with Crippen LogP contribution in [0.4, 0.5) is 5.69 Å². The molecule has 30 heavy (non-hydrogen) atoms. The third-order valence-corrected chi connectivity index (χ3v) is 5.57. The number of ketones is 1. The molecule has 2 atom stereocenters. The van der Waals surface area contributed by atoms with Gasteiger partial charge in [0.05, 0.1) is 23.2 Å². The molecule has 0 saturated heterocycles. The Morgan fingerprint density at radius 2 is 1.70 bits per heavy atom. The van der Waals surface area contributed by atoms with Crippen LogP contribution in [0.2, 0.25) is 0 Å². The Balaban J connectivity index is 1.96. The van der Waals surface area contributed by atoms with E-state index in [0.717, 1.165) is 4.47 Å². The topological polar surface area (TPSA) is 87.0 Å². The molecule has 1 aliphatic heterocycles. The van der Waals surface area contributed by atoms with E-state index in [1.54, 1.807) is 48.5 Å². The zero-order chi connectivity index (χ0) is 22.1. The van der Waals surface area contributed by atoms with E-state index in [9.17, 15) is 19.5 Å². The second-order valence-corrected chi connectivity index (χ2v) is 9.19. The van der Waals surface area contributed by atoms with Gasteiger partial charge in [-0.25, -0.2) is 5.01 Å². The van der Waals surface area contributed by atoms with Crippen LogP contribution in [-0.2, 0) is 9.59 Å². The SMILES string of the molecule is CC(C)(C)C1=NN(c2ccccc2)C(=O)[C@H]1[C@H](CC(=O)c1ccc(Br)cc1)C(=O)O. The summed E-state index contributed by atoms with van der Waals surface area (Å²) in [6.07, 6.45) is -0.287. The zero-order valence-corrected chi connectivity index (χ0v) is 18.6. The van der Waals surface area contributed by atoms with Gasteiger partial charge in [-0.15, -0.1) is 0 Å². The third-order valence-electron chi connectivity index (χ3n) is 5.04. The van der Waals surface area contributed by atoms with Crippen molar-refractivity contribution in [1.29, 1.82) is 0 Å². The fraction of sp³-hybridized carbons (Fsp3) is 0.304. The van der Waals surface area contributed by atoms with Gasteiger partial charge in [-0.1, -0.05) is 67.0 Å². The number of rotatable bonds is 6. The van der Waals surface area contributed by atoms with Crippen molar-refractivity contribution in [3.05, 3.63) is 64.6 Å². The number of aliphatic carboxylic acids is 1. The van der Waals surface area contributed by atoms with Crippen molar-refractivity contribution in [2.75, 3.05) is 5.01 Å².